The van der Waals surface area contributed by atoms with Crippen LogP contribution in [-0.2, 0) is 0 Å². The number of hydrazine groups is 1. The SMILES string of the molecule is Cc1cc(Cl)cc(C(NN)c2ccc(C)c(F)c2F)c1. The monoisotopic (exact) mass is 296 g/mol. The number of benzene rings is 2. The van der Waals surface area contributed by atoms with Crippen molar-refractivity contribution in [3.8, 4) is 0 Å². The van der Waals surface area contributed by atoms with E-state index in [1.54, 1.807) is 12.1 Å². The smallest absolute Gasteiger partial charge is 0.164 e. The molecular weight excluding hydrogens is 282 g/mol. The van der Waals surface area contributed by atoms with Crippen LogP contribution in [0.4, 0.5) is 8.78 Å². The normalized spacial score (nSPS) is 12.5. The lowest BCUT2D eigenvalue weighted by molar-refractivity contribution is 0.478. The van der Waals surface area contributed by atoms with Gasteiger partial charge in [-0.3, -0.25) is 5.84 Å². The van der Waals surface area contributed by atoms with E-state index in [0.29, 0.717) is 10.6 Å². The number of hydrogen-bond donors (Lipinski definition) is 2. The molecule has 20 heavy (non-hydrogen) atoms. The summed E-state index contributed by atoms with van der Waals surface area (Å²) in [5.41, 5.74) is 4.51. The van der Waals surface area contributed by atoms with Crippen LogP contribution in [-0.4, -0.2) is 0 Å². The predicted octanol–water partition coefficient (Wildman–Crippen LogP) is 3.79. The van der Waals surface area contributed by atoms with Crippen molar-refractivity contribution in [3.63, 3.8) is 0 Å². The molecule has 0 aliphatic heterocycles. The highest BCUT2D eigenvalue weighted by molar-refractivity contribution is 6.30. The van der Waals surface area contributed by atoms with Gasteiger partial charge in [0.25, 0.3) is 0 Å². The van der Waals surface area contributed by atoms with E-state index in [0.717, 1.165) is 5.56 Å². The molecule has 106 valence electrons. The first kappa shape index (κ1) is 14.9. The number of aryl methyl sites for hydroxylation is 2. The minimum absolute atomic E-state index is 0.150. The van der Waals surface area contributed by atoms with Crippen molar-refractivity contribution in [1.82, 2.24) is 5.43 Å². The third-order valence-corrected chi connectivity index (χ3v) is 3.40. The van der Waals surface area contributed by atoms with Gasteiger partial charge in [-0.2, -0.15) is 0 Å². The average Bonchev–Trinajstić information content (AvgIpc) is 2.38. The molecule has 0 saturated carbocycles. The molecule has 3 N–H and O–H groups in total. The van der Waals surface area contributed by atoms with Crippen LogP contribution in [0, 0.1) is 25.5 Å². The maximum absolute atomic E-state index is 14.1. The van der Waals surface area contributed by atoms with Crippen LogP contribution in [0.25, 0.3) is 0 Å². The van der Waals surface area contributed by atoms with Crippen LogP contribution in [0.3, 0.4) is 0 Å². The van der Waals surface area contributed by atoms with E-state index in [9.17, 15) is 8.78 Å². The molecule has 2 nitrogen and oxygen atoms in total. The van der Waals surface area contributed by atoms with Gasteiger partial charge in [-0.05, 0) is 42.7 Å². The fourth-order valence-corrected chi connectivity index (χ4v) is 2.48. The second-order valence-electron chi connectivity index (χ2n) is 4.76. The zero-order valence-corrected chi connectivity index (χ0v) is 11.9. The minimum Gasteiger partial charge on any atom is -0.271 e. The molecule has 0 radical (unpaired) electrons. The maximum Gasteiger partial charge on any atom is 0.164 e. The molecule has 0 heterocycles. The first-order valence-corrected chi connectivity index (χ1v) is 6.49. The summed E-state index contributed by atoms with van der Waals surface area (Å²) in [6.07, 6.45) is 0. The number of hydrogen-bond acceptors (Lipinski definition) is 2. The van der Waals surface area contributed by atoms with E-state index in [-0.39, 0.29) is 11.1 Å². The summed E-state index contributed by atoms with van der Waals surface area (Å²) in [6.45, 7) is 3.38. The molecule has 5 heteroatoms. The van der Waals surface area contributed by atoms with Gasteiger partial charge in [0.15, 0.2) is 11.6 Å². The molecule has 0 aromatic heterocycles. The summed E-state index contributed by atoms with van der Waals surface area (Å²) in [5, 5.41) is 0.522. The van der Waals surface area contributed by atoms with E-state index >= 15 is 0 Å². The summed E-state index contributed by atoms with van der Waals surface area (Å²) in [4.78, 5) is 0. The molecule has 0 fully saturated rings. The standard InChI is InChI=1S/C15H15ClF2N2/c1-8-5-10(7-11(16)6-8)15(20-19)12-4-3-9(2)13(17)14(12)18/h3-7,15,20H,19H2,1-2H3. The molecule has 0 saturated heterocycles. The van der Waals surface area contributed by atoms with Gasteiger partial charge in [-0.25, -0.2) is 14.2 Å². The molecule has 2 rings (SSSR count). The highest BCUT2D eigenvalue weighted by atomic mass is 35.5. The number of rotatable bonds is 3. The van der Waals surface area contributed by atoms with E-state index in [1.807, 2.05) is 13.0 Å². The number of nitrogens with one attached hydrogen (secondary N) is 1. The van der Waals surface area contributed by atoms with Crippen LogP contribution < -0.4 is 11.3 Å². The number of nitrogens with two attached hydrogens (primary N) is 1. The molecule has 0 aliphatic carbocycles. The largest absolute Gasteiger partial charge is 0.271 e. The molecule has 0 bridgehead atoms. The Labute approximate surface area is 121 Å². The fourth-order valence-electron chi connectivity index (χ4n) is 2.18. The zero-order valence-electron chi connectivity index (χ0n) is 11.2. The Morgan fingerprint density at radius 3 is 2.40 bits per heavy atom. The van der Waals surface area contributed by atoms with Crippen LogP contribution >= 0.6 is 11.6 Å². The van der Waals surface area contributed by atoms with Crippen molar-refractivity contribution in [1.29, 1.82) is 0 Å². The Bertz CT molecular complexity index is 624. The van der Waals surface area contributed by atoms with E-state index in [2.05, 4.69) is 5.43 Å². The highest BCUT2D eigenvalue weighted by Gasteiger charge is 2.20. The molecule has 2 aromatic carbocycles. The Morgan fingerprint density at radius 2 is 1.80 bits per heavy atom. The lowest BCUT2D eigenvalue weighted by Gasteiger charge is -2.19. The third-order valence-electron chi connectivity index (χ3n) is 3.18. The summed E-state index contributed by atoms with van der Waals surface area (Å²) in [7, 11) is 0. The van der Waals surface area contributed by atoms with Gasteiger partial charge in [0.1, 0.15) is 0 Å². The topological polar surface area (TPSA) is 38.0 Å². The van der Waals surface area contributed by atoms with E-state index in [1.165, 1.54) is 19.1 Å². The second-order valence-corrected chi connectivity index (χ2v) is 5.20. The molecule has 0 aliphatic rings. The van der Waals surface area contributed by atoms with Crippen molar-refractivity contribution in [3.05, 3.63) is 69.2 Å². The predicted molar refractivity (Wildman–Crippen MR) is 76.5 cm³/mol. The van der Waals surface area contributed by atoms with Gasteiger partial charge in [0, 0.05) is 10.6 Å². The third kappa shape index (κ3) is 2.82. The van der Waals surface area contributed by atoms with Crippen molar-refractivity contribution >= 4 is 11.6 Å². The highest BCUT2D eigenvalue weighted by Crippen LogP contribution is 2.28. The minimum atomic E-state index is -0.898. The Morgan fingerprint density at radius 1 is 1.10 bits per heavy atom. The van der Waals surface area contributed by atoms with Crippen molar-refractivity contribution < 1.29 is 8.78 Å². The van der Waals surface area contributed by atoms with Crippen LogP contribution in [0.2, 0.25) is 5.02 Å². The lowest BCUT2D eigenvalue weighted by Crippen LogP contribution is -2.30. The van der Waals surface area contributed by atoms with Gasteiger partial charge in [-0.1, -0.05) is 29.8 Å². The van der Waals surface area contributed by atoms with Crippen LogP contribution in [0.1, 0.15) is 28.3 Å². The first-order valence-electron chi connectivity index (χ1n) is 6.11. The fraction of sp³-hybridized carbons (Fsp3) is 0.200. The Kier molecular flexibility index (Phi) is 4.38. The molecular formula is C15H15ClF2N2. The zero-order chi connectivity index (χ0) is 14.9. The van der Waals surface area contributed by atoms with Gasteiger partial charge in [0.05, 0.1) is 6.04 Å². The van der Waals surface area contributed by atoms with Gasteiger partial charge in [0.2, 0.25) is 0 Å². The van der Waals surface area contributed by atoms with E-state index < -0.39 is 17.7 Å². The second kappa shape index (κ2) is 5.87. The summed E-state index contributed by atoms with van der Waals surface area (Å²) < 4.78 is 27.8. The van der Waals surface area contributed by atoms with Crippen molar-refractivity contribution in [2.45, 2.75) is 19.9 Å². The quantitative estimate of drug-likeness (QED) is 0.668. The lowest BCUT2D eigenvalue weighted by atomic mass is 9.96. The maximum atomic E-state index is 14.1. The average molecular weight is 297 g/mol. The van der Waals surface area contributed by atoms with Crippen molar-refractivity contribution in [2.24, 2.45) is 5.84 Å². The Hall–Kier alpha value is -1.49. The van der Waals surface area contributed by atoms with Gasteiger partial charge >= 0.3 is 0 Å². The van der Waals surface area contributed by atoms with Crippen molar-refractivity contribution in [2.75, 3.05) is 0 Å². The Balaban J connectivity index is 2.55. The van der Waals surface area contributed by atoms with Gasteiger partial charge in [-0.15, -0.1) is 0 Å². The molecule has 0 amide bonds. The molecule has 2 aromatic rings. The molecule has 1 unspecified atom stereocenters. The molecule has 1 atom stereocenters. The molecule has 0 spiro atoms. The van der Waals surface area contributed by atoms with Crippen LogP contribution in [0.5, 0.6) is 0 Å². The summed E-state index contributed by atoms with van der Waals surface area (Å²) in [5.74, 6) is 3.75. The summed E-state index contributed by atoms with van der Waals surface area (Å²) in [6, 6.07) is 7.67. The van der Waals surface area contributed by atoms with E-state index in [4.69, 9.17) is 17.4 Å². The summed E-state index contributed by atoms with van der Waals surface area (Å²) >= 11 is 6.00. The first-order chi connectivity index (χ1) is 9.43. The van der Waals surface area contributed by atoms with Crippen LogP contribution in [0.15, 0.2) is 30.3 Å². The van der Waals surface area contributed by atoms with Gasteiger partial charge < -0.3 is 0 Å². The number of halogens is 3.